The SMILES string of the molecule is CC(C)C1(CNC(=O)c2cc(N)cnc2Cl)CC1. The fraction of sp³-hybridized carbons (Fsp3) is 0.538. The number of pyridine rings is 1. The molecule has 3 N–H and O–H groups in total. The quantitative estimate of drug-likeness (QED) is 0.824. The summed E-state index contributed by atoms with van der Waals surface area (Å²) >= 11 is 5.89. The van der Waals surface area contributed by atoms with E-state index in [1.807, 2.05) is 0 Å². The lowest BCUT2D eigenvalue weighted by Gasteiger charge is -2.20. The molecule has 4 nitrogen and oxygen atoms in total. The fourth-order valence-corrected chi connectivity index (χ4v) is 2.28. The van der Waals surface area contributed by atoms with Crippen molar-refractivity contribution in [3.8, 4) is 0 Å². The molecule has 1 aromatic heterocycles. The summed E-state index contributed by atoms with van der Waals surface area (Å²) in [6.07, 6.45) is 3.79. The number of carbonyl (C=O) groups excluding carboxylic acids is 1. The summed E-state index contributed by atoms with van der Waals surface area (Å²) in [4.78, 5) is 15.9. The number of rotatable bonds is 4. The third-order valence-corrected chi connectivity index (χ3v) is 4.12. The van der Waals surface area contributed by atoms with Crippen LogP contribution in [0, 0.1) is 11.3 Å². The van der Waals surface area contributed by atoms with E-state index in [0.29, 0.717) is 23.7 Å². The minimum Gasteiger partial charge on any atom is -0.397 e. The van der Waals surface area contributed by atoms with Crippen LogP contribution < -0.4 is 11.1 Å². The van der Waals surface area contributed by atoms with Gasteiger partial charge in [-0.1, -0.05) is 25.4 Å². The molecule has 18 heavy (non-hydrogen) atoms. The number of nitrogens with zero attached hydrogens (tertiary/aromatic N) is 1. The molecule has 0 aromatic carbocycles. The minimum atomic E-state index is -0.202. The Morgan fingerprint density at radius 3 is 2.83 bits per heavy atom. The van der Waals surface area contributed by atoms with E-state index < -0.39 is 0 Å². The van der Waals surface area contributed by atoms with Gasteiger partial charge < -0.3 is 11.1 Å². The molecule has 2 rings (SSSR count). The molecule has 1 aliphatic rings. The molecule has 0 aliphatic heterocycles. The van der Waals surface area contributed by atoms with Crippen molar-refractivity contribution < 1.29 is 4.79 Å². The largest absolute Gasteiger partial charge is 0.397 e. The Hall–Kier alpha value is -1.29. The zero-order valence-electron chi connectivity index (χ0n) is 10.7. The molecule has 1 aromatic rings. The van der Waals surface area contributed by atoms with Gasteiger partial charge in [-0.25, -0.2) is 4.98 Å². The lowest BCUT2D eigenvalue weighted by Crippen LogP contribution is -2.32. The smallest absolute Gasteiger partial charge is 0.254 e. The van der Waals surface area contributed by atoms with Crippen LogP contribution in [-0.4, -0.2) is 17.4 Å². The first-order valence-electron chi connectivity index (χ1n) is 6.14. The Balaban J connectivity index is 2.02. The minimum absolute atomic E-state index is 0.191. The van der Waals surface area contributed by atoms with Crippen molar-refractivity contribution in [2.45, 2.75) is 26.7 Å². The number of nitrogen functional groups attached to an aromatic ring is 1. The fourth-order valence-electron chi connectivity index (χ4n) is 2.09. The number of nitrogens with two attached hydrogens (primary N) is 1. The topological polar surface area (TPSA) is 68.0 Å². The van der Waals surface area contributed by atoms with Crippen molar-refractivity contribution >= 4 is 23.2 Å². The van der Waals surface area contributed by atoms with Gasteiger partial charge in [-0.2, -0.15) is 0 Å². The highest BCUT2D eigenvalue weighted by Gasteiger charge is 2.45. The predicted octanol–water partition coefficient (Wildman–Crippen LogP) is 2.48. The normalized spacial score (nSPS) is 16.7. The second-order valence-electron chi connectivity index (χ2n) is 5.31. The zero-order chi connectivity index (χ0) is 13.3. The van der Waals surface area contributed by atoms with Gasteiger partial charge in [0, 0.05) is 6.54 Å². The van der Waals surface area contributed by atoms with Gasteiger partial charge in [-0.15, -0.1) is 0 Å². The molecule has 1 saturated carbocycles. The second-order valence-corrected chi connectivity index (χ2v) is 5.66. The number of carbonyl (C=O) groups is 1. The van der Waals surface area contributed by atoms with Crippen LogP contribution in [0.25, 0.3) is 0 Å². The molecule has 1 amide bonds. The highest BCUT2D eigenvalue weighted by atomic mass is 35.5. The van der Waals surface area contributed by atoms with Crippen molar-refractivity contribution in [1.82, 2.24) is 10.3 Å². The van der Waals surface area contributed by atoms with Crippen molar-refractivity contribution in [2.75, 3.05) is 12.3 Å². The number of halogens is 1. The standard InChI is InChI=1S/C13H18ClN3O/c1-8(2)13(3-4-13)7-17-12(18)10-5-9(15)6-16-11(10)14/h5-6,8H,3-4,7,15H2,1-2H3,(H,17,18). The van der Waals surface area contributed by atoms with E-state index in [0.717, 1.165) is 0 Å². The van der Waals surface area contributed by atoms with Gasteiger partial charge in [0.1, 0.15) is 5.15 Å². The van der Waals surface area contributed by atoms with Gasteiger partial charge in [-0.3, -0.25) is 4.79 Å². The Kier molecular flexibility index (Phi) is 3.48. The number of hydrogen-bond acceptors (Lipinski definition) is 3. The van der Waals surface area contributed by atoms with Crippen LogP contribution in [0.1, 0.15) is 37.0 Å². The highest BCUT2D eigenvalue weighted by molar-refractivity contribution is 6.32. The third kappa shape index (κ3) is 2.58. The maximum Gasteiger partial charge on any atom is 0.254 e. The van der Waals surface area contributed by atoms with Crippen LogP contribution >= 0.6 is 11.6 Å². The van der Waals surface area contributed by atoms with Crippen LogP contribution in [0.15, 0.2) is 12.3 Å². The van der Waals surface area contributed by atoms with Crippen LogP contribution in [-0.2, 0) is 0 Å². The zero-order valence-corrected chi connectivity index (χ0v) is 11.4. The number of hydrogen-bond donors (Lipinski definition) is 2. The predicted molar refractivity (Wildman–Crippen MR) is 72.5 cm³/mol. The van der Waals surface area contributed by atoms with E-state index in [-0.39, 0.29) is 16.5 Å². The molecule has 0 saturated heterocycles. The lowest BCUT2D eigenvalue weighted by molar-refractivity contribution is 0.0939. The summed E-state index contributed by atoms with van der Waals surface area (Å²) in [6.45, 7) is 5.07. The van der Waals surface area contributed by atoms with E-state index in [9.17, 15) is 4.79 Å². The molecule has 1 aliphatic carbocycles. The van der Waals surface area contributed by atoms with Gasteiger partial charge in [-0.05, 0) is 30.2 Å². The number of aromatic nitrogens is 1. The number of nitrogens with one attached hydrogen (secondary N) is 1. The summed E-state index contributed by atoms with van der Waals surface area (Å²) in [5.74, 6) is 0.374. The highest BCUT2D eigenvalue weighted by Crippen LogP contribution is 2.51. The number of anilines is 1. The molecule has 5 heteroatoms. The average molecular weight is 268 g/mol. The van der Waals surface area contributed by atoms with Crippen molar-refractivity contribution in [1.29, 1.82) is 0 Å². The molecule has 0 radical (unpaired) electrons. The van der Waals surface area contributed by atoms with Crippen molar-refractivity contribution in [3.63, 3.8) is 0 Å². The lowest BCUT2D eigenvalue weighted by atomic mass is 9.92. The first kappa shape index (κ1) is 13.1. The van der Waals surface area contributed by atoms with E-state index in [2.05, 4.69) is 24.1 Å². The second kappa shape index (κ2) is 4.76. The molecule has 0 atom stereocenters. The molecular formula is C13H18ClN3O. The molecular weight excluding hydrogens is 250 g/mol. The summed E-state index contributed by atoms with van der Waals surface area (Å²) in [5.41, 5.74) is 6.66. The molecule has 0 unspecified atom stereocenters. The summed E-state index contributed by atoms with van der Waals surface area (Å²) in [5, 5.41) is 3.12. The monoisotopic (exact) mass is 267 g/mol. The Bertz CT molecular complexity index is 469. The van der Waals surface area contributed by atoms with Crippen LogP contribution in [0.3, 0.4) is 0 Å². The maximum absolute atomic E-state index is 12.0. The van der Waals surface area contributed by atoms with E-state index in [4.69, 9.17) is 17.3 Å². The molecule has 98 valence electrons. The van der Waals surface area contributed by atoms with Gasteiger partial charge in [0.2, 0.25) is 0 Å². The Morgan fingerprint density at radius 1 is 1.61 bits per heavy atom. The summed E-state index contributed by atoms with van der Waals surface area (Å²) < 4.78 is 0. The summed E-state index contributed by atoms with van der Waals surface area (Å²) in [7, 11) is 0. The van der Waals surface area contributed by atoms with Crippen LogP contribution in [0.2, 0.25) is 5.15 Å². The van der Waals surface area contributed by atoms with Gasteiger partial charge in [0.05, 0.1) is 17.4 Å². The van der Waals surface area contributed by atoms with Gasteiger partial charge in [0.15, 0.2) is 0 Å². The molecule has 1 heterocycles. The van der Waals surface area contributed by atoms with Crippen molar-refractivity contribution in [3.05, 3.63) is 23.0 Å². The first-order chi connectivity index (χ1) is 8.44. The van der Waals surface area contributed by atoms with Gasteiger partial charge >= 0.3 is 0 Å². The van der Waals surface area contributed by atoms with E-state index >= 15 is 0 Å². The molecule has 0 bridgehead atoms. The van der Waals surface area contributed by atoms with Crippen molar-refractivity contribution in [2.24, 2.45) is 11.3 Å². The Labute approximate surface area is 112 Å². The van der Waals surface area contributed by atoms with Gasteiger partial charge in [0.25, 0.3) is 5.91 Å². The van der Waals surface area contributed by atoms with E-state index in [1.165, 1.54) is 19.0 Å². The van der Waals surface area contributed by atoms with Crippen LogP contribution in [0.5, 0.6) is 0 Å². The first-order valence-corrected chi connectivity index (χ1v) is 6.52. The third-order valence-electron chi connectivity index (χ3n) is 3.82. The molecule has 0 spiro atoms. The van der Waals surface area contributed by atoms with E-state index in [1.54, 1.807) is 6.07 Å². The Morgan fingerprint density at radius 2 is 2.28 bits per heavy atom. The average Bonchev–Trinajstić information content (AvgIpc) is 3.10. The molecule has 1 fully saturated rings. The number of amides is 1. The maximum atomic E-state index is 12.0. The summed E-state index contributed by atoms with van der Waals surface area (Å²) in [6, 6.07) is 1.56. The van der Waals surface area contributed by atoms with Crippen LogP contribution in [0.4, 0.5) is 5.69 Å².